The number of nitrogens with zero attached hydrogens (tertiary/aromatic N) is 4. The predicted molar refractivity (Wildman–Crippen MR) is 145 cm³/mol. The van der Waals surface area contributed by atoms with E-state index in [9.17, 15) is 19.2 Å². The first-order valence-electron chi connectivity index (χ1n) is 13.8. The largest absolute Gasteiger partial charge is 0.385 e. The molecule has 1 aromatic carbocycles. The van der Waals surface area contributed by atoms with E-state index in [-0.39, 0.29) is 29.9 Å². The minimum atomic E-state index is -0.962. The molecule has 204 valence electrons. The molecule has 2 saturated carbocycles. The van der Waals surface area contributed by atoms with Crippen molar-refractivity contribution in [3.63, 3.8) is 0 Å². The van der Waals surface area contributed by atoms with Crippen LogP contribution in [0.3, 0.4) is 0 Å². The average Bonchev–Trinajstić information content (AvgIpc) is 3.64. The van der Waals surface area contributed by atoms with E-state index in [1.54, 1.807) is 24.4 Å². The molecule has 0 bridgehead atoms. The maximum absolute atomic E-state index is 13.1. The van der Waals surface area contributed by atoms with Crippen LogP contribution in [-0.2, 0) is 9.59 Å². The number of hydrogen-bond acceptors (Lipinski definition) is 8. The quantitative estimate of drug-likeness (QED) is 0.371. The highest BCUT2D eigenvalue weighted by atomic mass is 16.2. The Morgan fingerprint density at radius 1 is 0.975 bits per heavy atom. The number of pyridine rings is 1. The van der Waals surface area contributed by atoms with E-state index in [4.69, 9.17) is 5.10 Å². The number of imide groups is 2. The Morgan fingerprint density at radius 3 is 2.55 bits per heavy atom. The van der Waals surface area contributed by atoms with Gasteiger partial charge < -0.3 is 10.6 Å². The summed E-state index contributed by atoms with van der Waals surface area (Å²) < 4.78 is 2.10. The van der Waals surface area contributed by atoms with Gasteiger partial charge in [-0.25, -0.2) is 4.98 Å². The lowest BCUT2D eigenvalue weighted by atomic mass is 9.80. The lowest BCUT2D eigenvalue weighted by molar-refractivity contribution is -0.136. The highest BCUT2D eigenvalue weighted by molar-refractivity contribution is 6.23. The highest BCUT2D eigenvalue weighted by Crippen LogP contribution is 2.45. The summed E-state index contributed by atoms with van der Waals surface area (Å²) in [5.41, 5.74) is 3.47. The van der Waals surface area contributed by atoms with Gasteiger partial charge in [0.2, 0.25) is 11.8 Å². The number of hydrogen-bond donors (Lipinski definition) is 3. The number of amides is 4. The summed E-state index contributed by atoms with van der Waals surface area (Å²) in [6, 6.07) is 10.3. The summed E-state index contributed by atoms with van der Waals surface area (Å²) in [7, 11) is 0. The van der Waals surface area contributed by atoms with Crippen molar-refractivity contribution in [2.24, 2.45) is 5.92 Å². The molecule has 4 heterocycles. The SMILES string of the molecule is O=C1CCC(N2C(=O)c3ccc(NC[C@H]4C[C@H](n5cc(Nc6ccccn6)c(C6CC6)n5)C4)cc3C2=O)C(=O)N1. The maximum atomic E-state index is 13.1. The molecule has 11 nitrogen and oxygen atoms in total. The maximum Gasteiger partial charge on any atom is 0.262 e. The lowest BCUT2D eigenvalue weighted by Gasteiger charge is -2.35. The van der Waals surface area contributed by atoms with Gasteiger partial charge in [-0.1, -0.05) is 6.07 Å². The summed E-state index contributed by atoms with van der Waals surface area (Å²) in [4.78, 5) is 55.1. The van der Waals surface area contributed by atoms with Crippen molar-refractivity contribution in [2.45, 2.75) is 56.5 Å². The van der Waals surface area contributed by atoms with Crippen LogP contribution in [0, 0.1) is 5.92 Å². The van der Waals surface area contributed by atoms with Crippen molar-refractivity contribution in [3.8, 4) is 0 Å². The fourth-order valence-corrected chi connectivity index (χ4v) is 5.85. The molecule has 3 fully saturated rings. The third kappa shape index (κ3) is 4.41. The van der Waals surface area contributed by atoms with Crippen LogP contribution in [0.4, 0.5) is 17.2 Å². The average molecular weight is 540 g/mol. The Morgan fingerprint density at radius 2 is 1.80 bits per heavy atom. The van der Waals surface area contributed by atoms with E-state index in [2.05, 4.69) is 31.8 Å². The molecule has 40 heavy (non-hydrogen) atoms. The second-order valence-electron chi connectivity index (χ2n) is 11.1. The van der Waals surface area contributed by atoms with Gasteiger partial charge in [0, 0.05) is 37.0 Å². The van der Waals surface area contributed by atoms with Crippen molar-refractivity contribution < 1.29 is 19.2 Å². The molecule has 3 aromatic rings. The molecule has 1 atom stereocenters. The van der Waals surface area contributed by atoms with E-state index < -0.39 is 23.8 Å². The minimum Gasteiger partial charge on any atom is -0.385 e. The van der Waals surface area contributed by atoms with Gasteiger partial charge >= 0.3 is 0 Å². The van der Waals surface area contributed by atoms with Gasteiger partial charge in [-0.2, -0.15) is 5.10 Å². The lowest BCUT2D eigenvalue weighted by Crippen LogP contribution is -2.54. The standard InChI is InChI=1S/C29H29N7O4/c37-25-9-8-23(27(38)33-25)36-28(39)20-7-6-18(13-21(20)29(36)40)31-14-16-11-19(12-16)35-15-22(26(34-35)17-4-5-17)32-24-3-1-2-10-30-24/h1-3,6-7,10,13,15-17,19,23,31H,4-5,8-9,11-12,14H2,(H,30,32)(H,33,37,38)/t16-,19-,23?. The summed E-state index contributed by atoms with van der Waals surface area (Å²) >= 11 is 0. The summed E-state index contributed by atoms with van der Waals surface area (Å²) in [6.45, 7) is 0.740. The van der Waals surface area contributed by atoms with E-state index in [0.717, 1.165) is 47.2 Å². The number of carbonyl (C=O) groups is 4. The number of rotatable bonds is 8. The molecule has 1 saturated heterocycles. The van der Waals surface area contributed by atoms with Crippen molar-refractivity contribution in [1.82, 2.24) is 25.0 Å². The fourth-order valence-electron chi connectivity index (χ4n) is 5.85. The highest BCUT2D eigenvalue weighted by Gasteiger charge is 2.44. The normalized spacial score (nSPS) is 24.0. The Labute approximate surface area is 230 Å². The van der Waals surface area contributed by atoms with Crippen LogP contribution in [0.2, 0.25) is 0 Å². The molecule has 0 radical (unpaired) electrons. The Balaban J connectivity index is 0.969. The first kappa shape index (κ1) is 24.5. The number of fused-ring (bicyclic) bond motifs is 1. The van der Waals surface area contributed by atoms with E-state index in [1.807, 2.05) is 18.2 Å². The second kappa shape index (κ2) is 9.58. The molecule has 4 aliphatic rings. The second-order valence-corrected chi connectivity index (χ2v) is 11.1. The first-order valence-corrected chi connectivity index (χ1v) is 13.8. The predicted octanol–water partition coefficient (Wildman–Crippen LogP) is 3.36. The van der Waals surface area contributed by atoms with E-state index in [1.165, 1.54) is 12.8 Å². The monoisotopic (exact) mass is 539 g/mol. The fraction of sp³-hybridized carbons (Fsp3) is 0.379. The van der Waals surface area contributed by atoms with Gasteiger partial charge in [0.25, 0.3) is 11.8 Å². The van der Waals surface area contributed by atoms with Crippen LogP contribution in [-0.4, -0.2) is 55.9 Å². The van der Waals surface area contributed by atoms with Gasteiger partial charge in [0.15, 0.2) is 0 Å². The zero-order chi connectivity index (χ0) is 27.4. The zero-order valence-electron chi connectivity index (χ0n) is 21.8. The van der Waals surface area contributed by atoms with Gasteiger partial charge in [-0.3, -0.25) is 34.1 Å². The molecule has 1 unspecified atom stereocenters. The molecule has 11 heteroatoms. The topological polar surface area (TPSA) is 138 Å². The Hall–Kier alpha value is -4.54. The third-order valence-electron chi connectivity index (χ3n) is 8.27. The zero-order valence-corrected chi connectivity index (χ0v) is 21.8. The van der Waals surface area contributed by atoms with E-state index >= 15 is 0 Å². The van der Waals surface area contributed by atoms with Crippen molar-refractivity contribution in [3.05, 3.63) is 65.6 Å². The number of benzene rings is 1. The number of aromatic nitrogens is 3. The number of nitrogens with one attached hydrogen (secondary N) is 3. The van der Waals surface area contributed by atoms with Gasteiger partial charge in [-0.15, -0.1) is 0 Å². The number of carbonyl (C=O) groups excluding carboxylic acids is 4. The molecular formula is C29H29N7O4. The van der Waals surface area contributed by atoms with Crippen LogP contribution < -0.4 is 16.0 Å². The molecule has 2 aliphatic heterocycles. The molecule has 4 amide bonds. The first-order chi connectivity index (χ1) is 19.4. The number of anilines is 3. The van der Waals surface area contributed by atoms with Crippen molar-refractivity contribution in [1.29, 1.82) is 0 Å². The number of piperidine rings is 1. The Bertz CT molecular complexity index is 1520. The Kier molecular flexibility index (Phi) is 5.87. The van der Waals surface area contributed by atoms with Crippen LogP contribution in [0.5, 0.6) is 0 Å². The van der Waals surface area contributed by atoms with E-state index in [0.29, 0.717) is 17.9 Å². The molecular weight excluding hydrogens is 510 g/mol. The smallest absolute Gasteiger partial charge is 0.262 e. The van der Waals surface area contributed by atoms with Crippen LogP contribution in [0.15, 0.2) is 48.8 Å². The summed E-state index contributed by atoms with van der Waals surface area (Å²) in [5.74, 6) is -0.201. The van der Waals surface area contributed by atoms with Gasteiger partial charge in [0.1, 0.15) is 11.9 Å². The molecule has 7 rings (SSSR count). The van der Waals surface area contributed by atoms with Gasteiger partial charge in [-0.05, 0) is 68.4 Å². The molecule has 0 spiro atoms. The summed E-state index contributed by atoms with van der Waals surface area (Å²) in [6.07, 6.45) is 8.45. The van der Waals surface area contributed by atoms with Crippen molar-refractivity contribution >= 4 is 40.8 Å². The van der Waals surface area contributed by atoms with Crippen LogP contribution >= 0.6 is 0 Å². The third-order valence-corrected chi connectivity index (χ3v) is 8.27. The van der Waals surface area contributed by atoms with Gasteiger partial charge in [0.05, 0.1) is 28.6 Å². The summed E-state index contributed by atoms with van der Waals surface area (Å²) in [5, 5.41) is 14.0. The molecule has 2 aromatic heterocycles. The van der Waals surface area contributed by atoms with Crippen LogP contribution in [0.1, 0.15) is 76.9 Å². The van der Waals surface area contributed by atoms with Crippen LogP contribution in [0.25, 0.3) is 0 Å². The molecule has 2 aliphatic carbocycles. The van der Waals surface area contributed by atoms with Crippen molar-refractivity contribution in [2.75, 3.05) is 17.2 Å². The molecule has 3 N–H and O–H groups in total. The minimum absolute atomic E-state index is 0.0987.